The molecule has 1 aliphatic heterocycles. The average molecular weight is 301 g/mol. The van der Waals surface area contributed by atoms with Crippen molar-refractivity contribution in [3.63, 3.8) is 0 Å². The van der Waals surface area contributed by atoms with Gasteiger partial charge in [-0.15, -0.1) is 11.3 Å². The van der Waals surface area contributed by atoms with Gasteiger partial charge in [0.2, 0.25) is 5.78 Å². The highest BCUT2D eigenvalue weighted by atomic mass is 32.1. The van der Waals surface area contributed by atoms with Gasteiger partial charge in [-0.3, -0.25) is 9.59 Å². The first-order valence-corrected chi connectivity index (χ1v) is 7.54. The molecule has 0 radical (unpaired) electrons. The molecule has 1 amide bonds. The molecular weight excluding hydrogens is 286 g/mol. The monoisotopic (exact) mass is 301 g/mol. The highest BCUT2D eigenvalue weighted by Gasteiger charge is 2.20. The van der Waals surface area contributed by atoms with E-state index in [2.05, 4.69) is 5.32 Å². The number of ether oxygens (including phenoxy) is 1. The number of hydrogen-bond donors (Lipinski definition) is 1. The predicted molar refractivity (Wildman–Crippen MR) is 81.5 cm³/mol. The first kappa shape index (κ1) is 13.8. The van der Waals surface area contributed by atoms with Gasteiger partial charge in [0.25, 0.3) is 5.91 Å². The molecule has 0 aliphatic carbocycles. The lowest BCUT2D eigenvalue weighted by Crippen LogP contribution is -2.24. The van der Waals surface area contributed by atoms with E-state index in [9.17, 15) is 9.59 Å². The smallest absolute Gasteiger partial charge is 0.255 e. The summed E-state index contributed by atoms with van der Waals surface area (Å²) in [6, 6.07) is 6.91. The van der Waals surface area contributed by atoms with Crippen molar-refractivity contribution in [3.05, 3.63) is 50.7 Å². The summed E-state index contributed by atoms with van der Waals surface area (Å²) in [5.74, 6) is 0.270. The summed E-state index contributed by atoms with van der Waals surface area (Å²) in [6.45, 7) is 4.89. The van der Waals surface area contributed by atoms with Crippen LogP contribution < -0.4 is 10.1 Å². The maximum absolute atomic E-state index is 12.5. The Balaban J connectivity index is 2.00. The molecule has 0 unspecified atom stereocenters. The molecule has 0 saturated heterocycles. The zero-order valence-corrected chi connectivity index (χ0v) is 12.7. The lowest BCUT2D eigenvalue weighted by molar-refractivity contribution is 0.0957. The number of rotatable bonds is 2. The summed E-state index contributed by atoms with van der Waals surface area (Å²) < 4.78 is 5.49. The first-order chi connectivity index (χ1) is 10.1. The van der Waals surface area contributed by atoms with Gasteiger partial charge in [0.1, 0.15) is 12.4 Å². The van der Waals surface area contributed by atoms with Crippen molar-refractivity contribution < 1.29 is 14.3 Å². The van der Waals surface area contributed by atoms with Crippen molar-refractivity contribution in [2.45, 2.75) is 13.8 Å². The van der Waals surface area contributed by atoms with Crippen molar-refractivity contribution in [3.8, 4) is 5.75 Å². The lowest BCUT2D eigenvalue weighted by atomic mass is 10.0. The summed E-state index contributed by atoms with van der Waals surface area (Å²) in [5, 5.41) is 2.75. The molecule has 0 saturated carbocycles. The van der Waals surface area contributed by atoms with E-state index < -0.39 is 0 Å². The van der Waals surface area contributed by atoms with Crippen LogP contribution in [0.15, 0.2) is 24.3 Å². The maximum Gasteiger partial charge on any atom is 0.255 e. The van der Waals surface area contributed by atoms with Gasteiger partial charge in [0.15, 0.2) is 0 Å². The van der Waals surface area contributed by atoms with E-state index in [0.717, 1.165) is 10.4 Å². The van der Waals surface area contributed by atoms with Crippen LogP contribution in [0.5, 0.6) is 5.75 Å². The number of benzene rings is 1. The molecule has 4 nitrogen and oxygen atoms in total. The standard InChI is InChI=1S/C16H15NO3S/c1-9-7-14(21-10(9)2)15(18)11-3-4-13-12(8-11)16(19)17-5-6-20-13/h3-4,7-8H,5-6H2,1-2H3,(H,17,19). The molecule has 2 heterocycles. The van der Waals surface area contributed by atoms with E-state index in [1.807, 2.05) is 19.9 Å². The normalized spacial score (nSPS) is 13.9. The van der Waals surface area contributed by atoms with Crippen LogP contribution in [0.3, 0.4) is 0 Å². The Kier molecular flexibility index (Phi) is 3.51. The minimum absolute atomic E-state index is 0.0592. The number of hydrogen-bond acceptors (Lipinski definition) is 4. The number of carbonyl (C=O) groups excluding carboxylic acids is 2. The van der Waals surface area contributed by atoms with Gasteiger partial charge in [0.05, 0.1) is 17.0 Å². The molecule has 1 N–H and O–H groups in total. The molecule has 0 bridgehead atoms. The van der Waals surface area contributed by atoms with Crippen LogP contribution in [0.4, 0.5) is 0 Å². The van der Waals surface area contributed by atoms with Crippen molar-refractivity contribution >= 4 is 23.0 Å². The molecule has 1 aromatic carbocycles. The fourth-order valence-corrected chi connectivity index (χ4v) is 3.22. The number of aryl methyl sites for hydroxylation is 2. The second kappa shape index (κ2) is 5.33. The van der Waals surface area contributed by atoms with Crippen LogP contribution in [0.25, 0.3) is 0 Å². The topological polar surface area (TPSA) is 55.4 Å². The summed E-state index contributed by atoms with van der Waals surface area (Å²) in [5.41, 5.74) is 2.04. The Hall–Kier alpha value is -2.14. The second-order valence-electron chi connectivity index (χ2n) is 4.99. The van der Waals surface area contributed by atoms with Gasteiger partial charge in [0, 0.05) is 10.4 Å². The fraction of sp³-hybridized carbons (Fsp3) is 0.250. The number of amides is 1. The molecule has 0 spiro atoms. The van der Waals surface area contributed by atoms with Gasteiger partial charge < -0.3 is 10.1 Å². The minimum Gasteiger partial charge on any atom is -0.491 e. The number of carbonyl (C=O) groups is 2. The van der Waals surface area contributed by atoms with Crippen LogP contribution >= 0.6 is 11.3 Å². The molecule has 2 aromatic rings. The molecule has 21 heavy (non-hydrogen) atoms. The van der Waals surface area contributed by atoms with E-state index in [4.69, 9.17) is 4.74 Å². The Morgan fingerprint density at radius 2 is 2.10 bits per heavy atom. The Labute approximate surface area is 126 Å². The molecule has 1 aliphatic rings. The Morgan fingerprint density at radius 1 is 1.29 bits per heavy atom. The van der Waals surface area contributed by atoms with Crippen molar-refractivity contribution in [2.24, 2.45) is 0 Å². The summed E-state index contributed by atoms with van der Waals surface area (Å²) >= 11 is 1.48. The molecule has 0 atom stereocenters. The van der Waals surface area contributed by atoms with Crippen LogP contribution in [-0.4, -0.2) is 24.8 Å². The van der Waals surface area contributed by atoms with E-state index in [0.29, 0.717) is 34.9 Å². The number of fused-ring (bicyclic) bond motifs is 1. The minimum atomic E-state index is -0.198. The predicted octanol–water partition coefficient (Wildman–Crippen LogP) is 2.72. The lowest BCUT2D eigenvalue weighted by Gasteiger charge is -2.07. The molecule has 3 rings (SSSR count). The van der Waals surface area contributed by atoms with Crippen molar-refractivity contribution in [2.75, 3.05) is 13.2 Å². The molecule has 108 valence electrons. The van der Waals surface area contributed by atoms with Gasteiger partial charge in [-0.25, -0.2) is 0 Å². The summed E-state index contributed by atoms with van der Waals surface area (Å²) in [4.78, 5) is 26.3. The second-order valence-corrected chi connectivity index (χ2v) is 6.25. The third-order valence-corrected chi connectivity index (χ3v) is 4.67. The van der Waals surface area contributed by atoms with Crippen LogP contribution in [0, 0.1) is 13.8 Å². The van der Waals surface area contributed by atoms with Gasteiger partial charge >= 0.3 is 0 Å². The highest BCUT2D eigenvalue weighted by Crippen LogP contribution is 2.26. The van der Waals surface area contributed by atoms with E-state index in [1.54, 1.807) is 18.2 Å². The van der Waals surface area contributed by atoms with Gasteiger partial charge in [-0.2, -0.15) is 0 Å². The van der Waals surface area contributed by atoms with Crippen LogP contribution in [0.1, 0.15) is 36.0 Å². The van der Waals surface area contributed by atoms with Crippen molar-refractivity contribution in [1.82, 2.24) is 5.32 Å². The Bertz CT molecular complexity index is 714. The zero-order chi connectivity index (χ0) is 15.0. The largest absolute Gasteiger partial charge is 0.491 e. The van der Waals surface area contributed by atoms with Crippen LogP contribution in [0.2, 0.25) is 0 Å². The first-order valence-electron chi connectivity index (χ1n) is 6.73. The third-order valence-electron chi connectivity index (χ3n) is 3.52. The van der Waals surface area contributed by atoms with Gasteiger partial charge in [-0.05, 0) is 43.7 Å². The summed E-state index contributed by atoms with van der Waals surface area (Å²) in [6.07, 6.45) is 0. The number of nitrogens with one attached hydrogen (secondary N) is 1. The van der Waals surface area contributed by atoms with Crippen molar-refractivity contribution in [1.29, 1.82) is 0 Å². The molecule has 5 heteroatoms. The van der Waals surface area contributed by atoms with Gasteiger partial charge in [-0.1, -0.05) is 0 Å². The van der Waals surface area contributed by atoms with E-state index in [1.165, 1.54) is 11.3 Å². The van der Waals surface area contributed by atoms with Crippen LogP contribution in [-0.2, 0) is 0 Å². The SMILES string of the molecule is Cc1cc(C(=O)c2ccc3c(c2)C(=O)NCCO3)sc1C. The third kappa shape index (κ3) is 2.56. The number of thiophene rings is 1. The fourth-order valence-electron chi connectivity index (χ4n) is 2.22. The number of ketones is 1. The van der Waals surface area contributed by atoms with E-state index in [-0.39, 0.29) is 11.7 Å². The quantitative estimate of drug-likeness (QED) is 0.868. The molecule has 0 fully saturated rings. The molecule has 1 aromatic heterocycles. The zero-order valence-electron chi connectivity index (χ0n) is 11.9. The highest BCUT2D eigenvalue weighted by molar-refractivity contribution is 7.14. The Morgan fingerprint density at radius 3 is 2.81 bits per heavy atom. The maximum atomic E-state index is 12.5. The van der Waals surface area contributed by atoms with E-state index >= 15 is 0 Å². The average Bonchev–Trinajstić information content (AvgIpc) is 2.70. The molecular formula is C16H15NO3S. The summed E-state index contributed by atoms with van der Waals surface area (Å²) in [7, 11) is 0.